The first-order chi connectivity index (χ1) is 9.81. The molecule has 1 fully saturated rings. The van der Waals surface area contributed by atoms with Crippen molar-refractivity contribution in [3.8, 4) is 0 Å². The summed E-state index contributed by atoms with van der Waals surface area (Å²) in [5.74, 6) is 0.182. The van der Waals surface area contributed by atoms with E-state index in [1.807, 2.05) is 6.07 Å². The van der Waals surface area contributed by atoms with Crippen molar-refractivity contribution < 1.29 is 4.79 Å². The van der Waals surface area contributed by atoms with Crippen molar-refractivity contribution in [2.45, 2.75) is 51.0 Å². The maximum Gasteiger partial charge on any atom is 0.220 e. The number of hydrogen-bond donors (Lipinski definition) is 2. The van der Waals surface area contributed by atoms with Crippen LogP contribution < -0.4 is 5.32 Å². The molecule has 1 aliphatic rings. The summed E-state index contributed by atoms with van der Waals surface area (Å²) in [5, 5.41) is 3.16. The number of nitrogens with zero attached hydrogens (tertiary/aromatic N) is 1. The highest BCUT2D eigenvalue weighted by molar-refractivity contribution is 5.77. The van der Waals surface area contributed by atoms with Crippen molar-refractivity contribution >= 4 is 16.9 Å². The van der Waals surface area contributed by atoms with E-state index in [4.69, 9.17) is 0 Å². The molecule has 2 aromatic rings. The standard InChI is InChI=1S/C16H21N3O/c20-16(19-13-4-2-1-3-5-13)9-7-12-6-8-14-15(10-12)18-11-17-14/h6,8,10-11,13H,1-5,7,9H2,(H,17,18)(H,19,20). The third-order valence-electron chi connectivity index (χ3n) is 4.10. The first kappa shape index (κ1) is 13.2. The van der Waals surface area contributed by atoms with Gasteiger partial charge in [-0.1, -0.05) is 25.3 Å². The van der Waals surface area contributed by atoms with Gasteiger partial charge in [-0.15, -0.1) is 0 Å². The lowest BCUT2D eigenvalue weighted by atomic mass is 9.95. The molecule has 0 radical (unpaired) electrons. The van der Waals surface area contributed by atoms with Gasteiger partial charge in [0.15, 0.2) is 0 Å². The van der Waals surface area contributed by atoms with Gasteiger partial charge in [-0.3, -0.25) is 4.79 Å². The first-order valence-electron chi connectivity index (χ1n) is 7.52. The Kier molecular flexibility index (Phi) is 4.00. The molecule has 2 N–H and O–H groups in total. The van der Waals surface area contributed by atoms with E-state index in [0.29, 0.717) is 12.5 Å². The number of rotatable bonds is 4. The Morgan fingerprint density at radius 1 is 1.30 bits per heavy atom. The smallest absolute Gasteiger partial charge is 0.220 e. The molecule has 1 aliphatic carbocycles. The van der Waals surface area contributed by atoms with Crippen molar-refractivity contribution in [3.05, 3.63) is 30.1 Å². The fourth-order valence-corrected chi connectivity index (χ4v) is 2.94. The van der Waals surface area contributed by atoms with E-state index in [-0.39, 0.29) is 5.91 Å². The molecule has 0 saturated heterocycles. The van der Waals surface area contributed by atoms with E-state index in [1.54, 1.807) is 6.33 Å². The number of aromatic amines is 1. The highest BCUT2D eigenvalue weighted by atomic mass is 16.1. The molecule has 0 atom stereocenters. The number of nitrogens with one attached hydrogen (secondary N) is 2. The zero-order valence-electron chi connectivity index (χ0n) is 11.7. The second-order valence-corrected chi connectivity index (χ2v) is 5.66. The molecule has 3 rings (SSSR count). The third-order valence-corrected chi connectivity index (χ3v) is 4.10. The highest BCUT2D eigenvalue weighted by Gasteiger charge is 2.15. The fourth-order valence-electron chi connectivity index (χ4n) is 2.94. The number of hydrogen-bond acceptors (Lipinski definition) is 2. The quantitative estimate of drug-likeness (QED) is 0.898. The van der Waals surface area contributed by atoms with Crippen LogP contribution in [0, 0.1) is 0 Å². The average molecular weight is 271 g/mol. The predicted octanol–water partition coefficient (Wildman–Crippen LogP) is 2.94. The van der Waals surface area contributed by atoms with Crippen LogP contribution >= 0.6 is 0 Å². The van der Waals surface area contributed by atoms with Gasteiger partial charge < -0.3 is 10.3 Å². The number of fused-ring (bicyclic) bond motifs is 1. The van der Waals surface area contributed by atoms with Gasteiger partial charge in [-0.2, -0.15) is 0 Å². The van der Waals surface area contributed by atoms with Gasteiger partial charge in [0.2, 0.25) is 5.91 Å². The lowest BCUT2D eigenvalue weighted by Crippen LogP contribution is -2.36. The van der Waals surface area contributed by atoms with Gasteiger partial charge in [0.25, 0.3) is 0 Å². The topological polar surface area (TPSA) is 57.8 Å². The summed E-state index contributed by atoms with van der Waals surface area (Å²) < 4.78 is 0. The summed E-state index contributed by atoms with van der Waals surface area (Å²) in [7, 11) is 0. The Hall–Kier alpha value is -1.84. The van der Waals surface area contributed by atoms with Crippen molar-refractivity contribution in [1.29, 1.82) is 0 Å². The third kappa shape index (κ3) is 3.18. The summed E-state index contributed by atoms with van der Waals surface area (Å²) in [4.78, 5) is 19.3. The molecular weight excluding hydrogens is 250 g/mol. The Labute approximate surface area is 119 Å². The Morgan fingerprint density at radius 2 is 2.15 bits per heavy atom. The molecule has 1 amide bonds. The zero-order valence-corrected chi connectivity index (χ0v) is 11.7. The monoisotopic (exact) mass is 271 g/mol. The Morgan fingerprint density at radius 3 is 3.00 bits per heavy atom. The van der Waals surface area contributed by atoms with Gasteiger partial charge >= 0.3 is 0 Å². The fraction of sp³-hybridized carbons (Fsp3) is 0.500. The van der Waals surface area contributed by atoms with Gasteiger partial charge in [0.1, 0.15) is 0 Å². The van der Waals surface area contributed by atoms with Crippen LogP contribution in [0.2, 0.25) is 0 Å². The van der Waals surface area contributed by atoms with Crippen molar-refractivity contribution in [2.24, 2.45) is 0 Å². The zero-order chi connectivity index (χ0) is 13.8. The molecule has 4 nitrogen and oxygen atoms in total. The van der Waals surface area contributed by atoms with Crippen molar-refractivity contribution in [1.82, 2.24) is 15.3 Å². The molecule has 4 heteroatoms. The van der Waals surface area contributed by atoms with Crippen LogP contribution in [0.3, 0.4) is 0 Å². The molecule has 1 saturated carbocycles. The molecule has 0 spiro atoms. The number of carbonyl (C=O) groups excluding carboxylic acids is 1. The summed E-state index contributed by atoms with van der Waals surface area (Å²) in [6.45, 7) is 0. The number of carbonyl (C=O) groups is 1. The lowest BCUT2D eigenvalue weighted by molar-refractivity contribution is -0.121. The minimum absolute atomic E-state index is 0.182. The summed E-state index contributed by atoms with van der Waals surface area (Å²) >= 11 is 0. The van der Waals surface area contributed by atoms with Crippen LogP contribution in [0.1, 0.15) is 44.1 Å². The van der Waals surface area contributed by atoms with Gasteiger partial charge in [-0.25, -0.2) is 4.98 Å². The van der Waals surface area contributed by atoms with Gasteiger partial charge in [-0.05, 0) is 37.0 Å². The molecule has 1 aromatic heterocycles. The minimum atomic E-state index is 0.182. The summed E-state index contributed by atoms with van der Waals surface area (Å²) in [5.41, 5.74) is 3.19. The Balaban J connectivity index is 1.51. The molecular formula is C16H21N3O. The summed E-state index contributed by atoms with van der Waals surface area (Å²) in [6, 6.07) is 6.54. The number of amides is 1. The molecule has 20 heavy (non-hydrogen) atoms. The number of aryl methyl sites for hydroxylation is 1. The van der Waals surface area contributed by atoms with E-state index >= 15 is 0 Å². The van der Waals surface area contributed by atoms with Crippen LogP contribution in [0.5, 0.6) is 0 Å². The van der Waals surface area contributed by atoms with Crippen LogP contribution in [0.4, 0.5) is 0 Å². The van der Waals surface area contributed by atoms with Crippen LogP contribution in [0.25, 0.3) is 11.0 Å². The molecule has 106 valence electrons. The van der Waals surface area contributed by atoms with Crippen LogP contribution in [-0.4, -0.2) is 21.9 Å². The minimum Gasteiger partial charge on any atom is -0.353 e. The van der Waals surface area contributed by atoms with Crippen LogP contribution in [-0.2, 0) is 11.2 Å². The normalized spacial score (nSPS) is 16.4. The molecule has 0 aliphatic heterocycles. The SMILES string of the molecule is O=C(CCc1ccc2nc[nH]c2c1)NC1CCCCC1. The Bertz CT molecular complexity index is 584. The number of H-pyrrole nitrogens is 1. The number of imidazole rings is 1. The predicted molar refractivity (Wildman–Crippen MR) is 79.4 cm³/mol. The summed E-state index contributed by atoms with van der Waals surface area (Å²) in [6.07, 6.45) is 9.16. The van der Waals surface area contributed by atoms with Crippen molar-refractivity contribution in [3.63, 3.8) is 0 Å². The van der Waals surface area contributed by atoms with Crippen LogP contribution in [0.15, 0.2) is 24.5 Å². The largest absolute Gasteiger partial charge is 0.353 e. The van der Waals surface area contributed by atoms with E-state index in [2.05, 4.69) is 27.4 Å². The number of aromatic nitrogens is 2. The lowest BCUT2D eigenvalue weighted by Gasteiger charge is -2.22. The molecule has 0 unspecified atom stereocenters. The maximum atomic E-state index is 12.0. The van der Waals surface area contributed by atoms with E-state index in [0.717, 1.165) is 30.3 Å². The van der Waals surface area contributed by atoms with Gasteiger partial charge in [0.05, 0.1) is 17.4 Å². The molecule has 1 aromatic carbocycles. The first-order valence-corrected chi connectivity index (χ1v) is 7.52. The van der Waals surface area contributed by atoms with E-state index in [1.165, 1.54) is 24.8 Å². The molecule has 0 bridgehead atoms. The maximum absolute atomic E-state index is 12.0. The second kappa shape index (κ2) is 6.07. The number of benzene rings is 1. The molecule has 1 heterocycles. The average Bonchev–Trinajstić information content (AvgIpc) is 2.93. The van der Waals surface area contributed by atoms with E-state index in [9.17, 15) is 4.79 Å². The second-order valence-electron chi connectivity index (χ2n) is 5.66. The highest BCUT2D eigenvalue weighted by Crippen LogP contribution is 2.18. The van der Waals surface area contributed by atoms with Crippen molar-refractivity contribution in [2.75, 3.05) is 0 Å². The van der Waals surface area contributed by atoms with Gasteiger partial charge in [0, 0.05) is 12.5 Å². The van der Waals surface area contributed by atoms with E-state index < -0.39 is 0 Å².